The van der Waals surface area contributed by atoms with Crippen molar-refractivity contribution in [2.24, 2.45) is 0 Å². The molecule has 2 nitrogen and oxygen atoms in total. The molecule has 0 aliphatic carbocycles. The molecule has 2 aromatic rings. The van der Waals surface area contributed by atoms with Crippen LogP contribution in [-0.2, 0) is 0 Å². The molecular formula is C13H15BrN2. The first-order valence-corrected chi connectivity index (χ1v) is 6.19. The summed E-state index contributed by atoms with van der Waals surface area (Å²) in [6.07, 6.45) is 1.92. The highest BCUT2D eigenvalue weighted by molar-refractivity contribution is 9.10. The maximum Gasteiger partial charge on any atom is 0.177 e. The minimum Gasteiger partial charge on any atom is -0.316 e. The average Bonchev–Trinajstić information content (AvgIpc) is 2.61. The van der Waals surface area contributed by atoms with Gasteiger partial charge < -0.3 is 4.57 Å². The summed E-state index contributed by atoms with van der Waals surface area (Å²) < 4.78 is 3.09. The lowest BCUT2D eigenvalue weighted by molar-refractivity contribution is 0.592. The number of rotatable bonds is 2. The van der Waals surface area contributed by atoms with Crippen molar-refractivity contribution in [2.45, 2.75) is 26.8 Å². The van der Waals surface area contributed by atoms with Crippen molar-refractivity contribution in [3.63, 3.8) is 0 Å². The van der Waals surface area contributed by atoms with Crippen LogP contribution in [-0.4, -0.2) is 9.55 Å². The van der Waals surface area contributed by atoms with Gasteiger partial charge in [-0.1, -0.05) is 24.3 Å². The predicted octanol–water partition coefficient (Wildman–Crippen LogP) is 4.20. The van der Waals surface area contributed by atoms with Gasteiger partial charge in [0.05, 0.1) is 11.9 Å². The van der Waals surface area contributed by atoms with E-state index in [1.807, 2.05) is 6.20 Å². The number of aromatic nitrogens is 2. The van der Waals surface area contributed by atoms with Crippen LogP contribution in [0.5, 0.6) is 0 Å². The minimum absolute atomic E-state index is 0.395. The van der Waals surface area contributed by atoms with E-state index >= 15 is 0 Å². The second-order valence-corrected chi connectivity index (χ2v) is 4.90. The molecule has 0 atom stereocenters. The number of imidazole rings is 1. The molecule has 0 saturated heterocycles. The summed E-state index contributed by atoms with van der Waals surface area (Å²) >= 11 is 3.49. The standard InChI is InChI=1S/C13H15BrN2/c1-9(2)16-12(8-15-13(16)14)11-7-5-4-6-10(11)3/h4-9H,1-3H3. The third kappa shape index (κ3) is 1.92. The Morgan fingerprint density at radius 3 is 2.56 bits per heavy atom. The highest BCUT2D eigenvalue weighted by Gasteiger charge is 2.13. The van der Waals surface area contributed by atoms with Crippen molar-refractivity contribution in [3.05, 3.63) is 40.8 Å². The van der Waals surface area contributed by atoms with Gasteiger partial charge in [0.25, 0.3) is 0 Å². The SMILES string of the molecule is Cc1ccccc1-c1cnc(Br)n1C(C)C. The molecule has 0 unspecified atom stereocenters. The second kappa shape index (κ2) is 4.42. The topological polar surface area (TPSA) is 17.8 Å². The highest BCUT2D eigenvalue weighted by Crippen LogP contribution is 2.29. The van der Waals surface area contributed by atoms with E-state index in [1.54, 1.807) is 0 Å². The maximum atomic E-state index is 4.33. The molecule has 0 aliphatic rings. The number of nitrogens with zero attached hydrogens (tertiary/aromatic N) is 2. The van der Waals surface area contributed by atoms with Gasteiger partial charge in [-0.25, -0.2) is 4.98 Å². The van der Waals surface area contributed by atoms with Crippen molar-refractivity contribution < 1.29 is 0 Å². The summed E-state index contributed by atoms with van der Waals surface area (Å²) in [6, 6.07) is 8.78. The predicted molar refractivity (Wildman–Crippen MR) is 70.5 cm³/mol. The number of hydrogen-bond acceptors (Lipinski definition) is 1. The molecule has 0 saturated carbocycles. The molecule has 0 amide bonds. The van der Waals surface area contributed by atoms with E-state index < -0.39 is 0 Å². The van der Waals surface area contributed by atoms with Crippen molar-refractivity contribution in [1.29, 1.82) is 0 Å². The lowest BCUT2D eigenvalue weighted by Gasteiger charge is -2.14. The number of hydrogen-bond donors (Lipinski definition) is 0. The summed E-state index contributed by atoms with van der Waals surface area (Å²) in [5, 5.41) is 0. The molecule has 0 bridgehead atoms. The van der Waals surface area contributed by atoms with Crippen LogP contribution < -0.4 is 0 Å². The molecule has 1 heterocycles. The van der Waals surface area contributed by atoms with Gasteiger partial charge in [0.1, 0.15) is 0 Å². The third-order valence-corrected chi connectivity index (χ3v) is 3.28. The van der Waals surface area contributed by atoms with Gasteiger partial charge in [0.15, 0.2) is 4.73 Å². The van der Waals surface area contributed by atoms with E-state index in [1.165, 1.54) is 16.8 Å². The summed E-state index contributed by atoms with van der Waals surface area (Å²) in [7, 11) is 0. The zero-order chi connectivity index (χ0) is 11.7. The molecule has 2 rings (SSSR count). The van der Waals surface area contributed by atoms with E-state index in [0.717, 1.165) is 4.73 Å². The summed E-state index contributed by atoms with van der Waals surface area (Å²) in [4.78, 5) is 4.33. The van der Waals surface area contributed by atoms with Gasteiger partial charge in [-0.15, -0.1) is 0 Å². The molecule has 84 valence electrons. The van der Waals surface area contributed by atoms with Crippen molar-refractivity contribution in [1.82, 2.24) is 9.55 Å². The van der Waals surface area contributed by atoms with Crippen LogP contribution in [0.25, 0.3) is 11.3 Å². The first-order valence-electron chi connectivity index (χ1n) is 5.40. The number of aryl methyl sites for hydroxylation is 1. The quantitative estimate of drug-likeness (QED) is 0.805. The van der Waals surface area contributed by atoms with Crippen LogP contribution in [0.2, 0.25) is 0 Å². The van der Waals surface area contributed by atoms with Crippen molar-refractivity contribution in [3.8, 4) is 11.3 Å². The van der Waals surface area contributed by atoms with Crippen molar-refractivity contribution >= 4 is 15.9 Å². The Hall–Kier alpha value is -1.09. The van der Waals surface area contributed by atoms with Crippen LogP contribution in [0.1, 0.15) is 25.5 Å². The fraction of sp³-hybridized carbons (Fsp3) is 0.308. The Kier molecular flexibility index (Phi) is 3.15. The summed E-state index contributed by atoms with van der Waals surface area (Å²) in [5.41, 5.74) is 3.69. The molecule has 16 heavy (non-hydrogen) atoms. The molecule has 0 aliphatic heterocycles. The Bertz CT molecular complexity index is 500. The van der Waals surface area contributed by atoms with Gasteiger partial charge in [-0.05, 0) is 42.3 Å². The van der Waals surface area contributed by atoms with E-state index in [2.05, 4.69) is 70.5 Å². The van der Waals surface area contributed by atoms with Crippen LogP contribution in [0, 0.1) is 6.92 Å². The highest BCUT2D eigenvalue weighted by atomic mass is 79.9. The van der Waals surface area contributed by atoms with Gasteiger partial charge in [-0.3, -0.25) is 0 Å². The van der Waals surface area contributed by atoms with Gasteiger partial charge >= 0.3 is 0 Å². The second-order valence-electron chi connectivity index (χ2n) is 4.19. The van der Waals surface area contributed by atoms with E-state index in [9.17, 15) is 0 Å². The first-order chi connectivity index (χ1) is 7.61. The Morgan fingerprint density at radius 2 is 1.94 bits per heavy atom. The van der Waals surface area contributed by atoms with Crippen LogP contribution >= 0.6 is 15.9 Å². The Morgan fingerprint density at radius 1 is 1.25 bits per heavy atom. The van der Waals surface area contributed by atoms with Gasteiger partial charge in [0.2, 0.25) is 0 Å². The lowest BCUT2D eigenvalue weighted by Crippen LogP contribution is -2.03. The fourth-order valence-electron chi connectivity index (χ4n) is 1.89. The van der Waals surface area contributed by atoms with E-state index in [0.29, 0.717) is 6.04 Å². The van der Waals surface area contributed by atoms with E-state index in [-0.39, 0.29) is 0 Å². The normalized spacial score (nSPS) is 11.1. The molecular weight excluding hydrogens is 264 g/mol. The monoisotopic (exact) mass is 278 g/mol. The van der Waals surface area contributed by atoms with Crippen molar-refractivity contribution in [2.75, 3.05) is 0 Å². The third-order valence-electron chi connectivity index (χ3n) is 2.69. The smallest absolute Gasteiger partial charge is 0.177 e. The fourth-order valence-corrected chi connectivity index (χ4v) is 2.59. The first kappa shape index (κ1) is 11.4. The zero-order valence-electron chi connectivity index (χ0n) is 9.74. The maximum absolute atomic E-state index is 4.33. The Balaban J connectivity index is 2.61. The Labute approximate surface area is 104 Å². The van der Waals surface area contributed by atoms with Gasteiger partial charge in [-0.2, -0.15) is 0 Å². The van der Waals surface area contributed by atoms with Crippen LogP contribution in [0.15, 0.2) is 35.2 Å². The molecule has 1 aromatic carbocycles. The zero-order valence-corrected chi connectivity index (χ0v) is 11.3. The summed E-state index contributed by atoms with van der Waals surface area (Å²) in [6.45, 7) is 6.45. The average molecular weight is 279 g/mol. The lowest BCUT2D eigenvalue weighted by atomic mass is 10.1. The molecule has 0 fully saturated rings. The van der Waals surface area contributed by atoms with Crippen LogP contribution in [0.3, 0.4) is 0 Å². The molecule has 0 spiro atoms. The van der Waals surface area contributed by atoms with Gasteiger partial charge in [0, 0.05) is 11.6 Å². The molecule has 0 N–H and O–H groups in total. The number of halogens is 1. The molecule has 3 heteroatoms. The molecule has 0 radical (unpaired) electrons. The summed E-state index contributed by atoms with van der Waals surface area (Å²) in [5.74, 6) is 0. The van der Waals surface area contributed by atoms with Crippen LogP contribution in [0.4, 0.5) is 0 Å². The van der Waals surface area contributed by atoms with E-state index in [4.69, 9.17) is 0 Å². The number of benzene rings is 1. The minimum atomic E-state index is 0.395. The largest absolute Gasteiger partial charge is 0.316 e. The molecule has 1 aromatic heterocycles.